The van der Waals surface area contributed by atoms with Gasteiger partial charge in [-0.2, -0.15) is 5.26 Å². The number of carboxylic acids is 1. The van der Waals surface area contributed by atoms with Crippen molar-refractivity contribution in [3.8, 4) is 23.2 Å². The summed E-state index contributed by atoms with van der Waals surface area (Å²) in [5.74, 6) is -1.48. The largest absolute Gasteiger partial charge is 0.478 e. The number of hydrogen-bond acceptors (Lipinski definition) is 5. The Morgan fingerprint density at radius 3 is 2.48 bits per heavy atom. The van der Waals surface area contributed by atoms with Crippen molar-refractivity contribution in [2.24, 2.45) is 0 Å². The Bertz CT molecular complexity index is 1890. The summed E-state index contributed by atoms with van der Waals surface area (Å²) in [6.45, 7) is -0.733. The zero-order valence-electron chi connectivity index (χ0n) is 22.2. The van der Waals surface area contributed by atoms with Crippen molar-refractivity contribution in [2.75, 3.05) is 6.67 Å². The van der Waals surface area contributed by atoms with Crippen molar-refractivity contribution < 1.29 is 27.8 Å². The average Bonchev–Trinajstić information content (AvgIpc) is 3.70. The molecule has 0 saturated heterocycles. The van der Waals surface area contributed by atoms with E-state index in [2.05, 4.69) is 9.97 Å². The molecule has 3 aromatic carbocycles. The molecule has 0 spiro atoms. The predicted molar refractivity (Wildman–Crippen MR) is 148 cm³/mol. The lowest BCUT2D eigenvalue weighted by molar-refractivity contribution is 0.0697. The first-order chi connectivity index (χ1) is 20.3. The molecule has 210 valence electrons. The van der Waals surface area contributed by atoms with Gasteiger partial charge >= 0.3 is 5.97 Å². The number of halogens is 3. The van der Waals surface area contributed by atoms with E-state index >= 15 is 4.39 Å². The Hall–Kier alpha value is -5.17. The second-order valence-corrected chi connectivity index (χ2v) is 10.3. The first kappa shape index (κ1) is 27.0. The summed E-state index contributed by atoms with van der Waals surface area (Å²) in [4.78, 5) is 20.6. The molecule has 2 aromatic heterocycles. The van der Waals surface area contributed by atoms with E-state index in [1.54, 1.807) is 41.0 Å². The maximum Gasteiger partial charge on any atom is 0.335 e. The molecule has 7 nitrogen and oxygen atoms in total. The van der Waals surface area contributed by atoms with Crippen molar-refractivity contribution in [3.63, 3.8) is 0 Å². The van der Waals surface area contributed by atoms with Crippen LogP contribution >= 0.6 is 0 Å². The summed E-state index contributed by atoms with van der Waals surface area (Å²) in [7, 11) is 0. The molecular weight excluding hydrogens is 545 g/mol. The van der Waals surface area contributed by atoms with Crippen LogP contribution in [0.4, 0.5) is 13.2 Å². The molecule has 1 fully saturated rings. The lowest BCUT2D eigenvalue weighted by Gasteiger charge is -2.18. The van der Waals surface area contributed by atoms with Gasteiger partial charge in [0.15, 0.2) is 0 Å². The van der Waals surface area contributed by atoms with Crippen LogP contribution in [0.2, 0.25) is 0 Å². The van der Waals surface area contributed by atoms with E-state index in [1.165, 1.54) is 30.3 Å². The van der Waals surface area contributed by atoms with Crippen LogP contribution in [-0.2, 0) is 18.6 Å². The van der Waals surface area contributed by atoms with Crippen molar-refractivity contribution in [1.29, 1.82) is 5.26 Å². The number of pyridine rings is 1. The van der Waals surface area contributed by atoms with Crippen molar-refractivity contribution in [1.82, 2.24) is 14.5 Å². The smallest absolute Gasteiger partial charge is 0.335 e. The average molecular weight is 569 g/mol. The Balaban J connectivity index is 1.25. The molecule has 0 unspecified atom stereocenters. The highest BCUT2D eigenvalue weighted by Gasteiger charge is 2.47. The molecule has 1 saturated carbocycles. The number of carbonyl (C=O) groups is 1. The molecular formula is C32H23F3N4O3. The Morgan fingerprint density at radius 2 is 1.79 bits per heavy atom. The van der Waals surface area contributed by atoms with E-state index in [0.29, 0.717) is 46.5 Å². The van der Waals surface area contributed by atoms with Crippen LogP contribution in [0, 0.1) is 23.0 Å². The van der Waals surface area contributed by atoms with Gasteiger partial charge < -0.3 is 14.4 Å². The molecule has 0 aliphatic heterocycles. The number of alkyl halides is 1. The Morgan fingerprint density at radius 1 is 1.00 bits per heavy atom. The van der Waals surface area contributed by atoms with Crippen LogP contribution < -0.4 is 4.74 Å². The second-order valence-electron chi connectivity index (χ2n) is 10.3. The molecule has 0 radical (unpaired) electrons. The number of fused-ring (bicyclic) bond motifs is 1. The van der Waals surface area contributed by atoms with Crippen LogP contribution in [0.15, 0.2) is 72.8 Å². The number of aromatic carboxylic acids is 1. The summed E-state index contributed by atoms with van der Waals surface area (Å²) >= 11 is 0. The first-order valence-corrected chi connectivity index (χ1v) is 13.2. The minimum absolute atomic E-state index is 0.0705. The molecule has 0 bridgehead atoms. The summed E-state index contributed by atoms with van der Waals surface area (Å²) in [6, 6.07) is 20.2. The SMILES string of the molecule is N#Cc1ccc(COc2cccc(-c3ccc(Cc4nc5ccc(C(=O)O)cc5n4C4(CF)CC4)c(F)c3)n2)c(F)c1. The third-order valence-corrected chi connectivity index (χ3v) is 7.50. The lowest BCUT2D eigenvalue weighted by atomic mass is 10.0. The third-order valence-electron chi connectivity index (χ3n) is 7.50. The standard InChI is InChI=1S/C32H23F3N4O3/c33-18-32(10-11-32)39-28-14-22(31(40)41)8-9-27(28)37-29(39)15-20-6-7-21(13-25(20)35)26-2-1-3-30(38-26)42-17-23-5-4-19(16-36)12-24(23)34/h1-9,12-14H,10-11,15,17-18H2,(H,40,41). The summed E-state index contributed by atoms with van der Waals surface area (Å²) in [5, 5.41) is 18.3. The fraction of sp³-hybridized carbons (Fsp3) is 0.188. The summed E-state index contributed by atoms with van der Waals surface area (Å²) < 4.78 is 51.2. The van der Waals surface area contributed by atoms with E-state index < -0.39 is 29.8 Å². The van der Waals surface area contributed by atoms with E-state index in [0.717, 1.165) is 6.07 Å². The number of hydrogen-bond donors (Lipinski definition) is 1. The van der Waals surface area contributed by atoms with E-state index in [4.69, 9.17) is 10.00 Å². The van der Waals surface area contributed by atoms with Gasteiger partial charge in [-0.3, -0.25) is 0 Å². The zero-order valence-corrected chi connectivity index (χ0v) is 22.2. The lowest BCUT2D eigenvalue weighted by Crippen LogP contribution is -2.22. The van der Waals surface area contributed by atoms with Crippen LogP contribution in [0.25, 0.3) is 22.3 Å². The minimum Gasteiger partial charge on any atom is -0.478 e. The van der Waals surface area contributed by atoms with E-state index in [1.807, 2.05) is 6.07 Å². The van der Waals surface area contributed by atoms with Crippen molar-refractivity contribution in [3.05, 3.63) is 113 Å². The molecule has 10 heteroatoms. The van der Waals surface area contributed by atoms with Crippen molar-refractivity contribution in [2.45, 2.75) is 31.4 Å². The topological polar surface area (TPSA) is 101 Å². The number of nitriles is 1. The summed E-state index contributed by atoms with van der Waals surface area (Å²) in [5.41, 5.74) is 2.06. The molecule has 1 aliphatic carbocycles. The maximum absolute atomic E-state index is 15.4. The molecule has 0 amide bonds. The maximum atomic E-state index is 15.4. The zero-order chi connectivity index (χ0) is 29.4. The van der Waals surface area contributed by atoms with Crippen LogP contribution in [-0.4, -0.2) is 32.3 Å². The van der Waals surface area contributed by atoms with Crippen LogP contribution in [0.5, 0.6) is 5.88 Å². The van der Waals surface area contributed by atoms with Gasteiger partial charge in [0.05, 0.1) is 39.5 Å². The van der Waals surface area contributed by atoms with Gasteiger partial charge in [-0.15, -0.1) is 0 Å². The van der Waals surface area contributed by atoms with Crippen LogP contribution in [0.3, 0.4) is 0 Å². The number of aromatic nitrogens is 3. The van der Waals surface area contributed by atoms with Gasteiger partial charge in [0, 0.05) is 23.6 Å². The number of ether oxygens (including phenoxy) is 1. The first-order valence-electron chi connectivity index (χ1n) is 13.2. The van der Waals surface area contributed by atoms with E-state index in [-0.39, 0.29) is 35.6 Å². The van der Waals surface area contributed by atoms with Gasteiger partial charge in [-0.1, -0.05) is 24.3 Å². The van der Waals surface area contributed by atoms with Gasteiger partial charge in [-0.25, -0.2) is 27.9 Å². The molecule has 0 atom stereocenters. The van der Waals surface area contributed by atoms with Crippen molar-refractivity contribution >= 4 is 17.0 Å². The second kappa shape index (κ2) is 10.7. The Kier molecular flexibility index (Phi) is 6.86. The highest BCUT2D eigenvalue weighted by Crippen LogP contribution is 2.47. The summed E-state index contributed by atoms with van der Waals surface area (Å²) in [6.07, 6.45) is 1.25. The monoisotopic (exact) mass is 568 g/mol. The fourth-order valence-corrected chi connectivity index (χ4v) is 5.03. The van der Waals surface area contributed by atoms with Gasteiger partial charge in [0.2, 0.25) is 5.88 Å². The molecule has 6 rings (SSSR count). The van der Waals surface area contributed by atoms with Gasteiger partial charge in [0.1, 0.15) is 30.7 Å². The number of benzene rings is 3. The Labute approximate surface area is 238 Å². The number of imidazole rings is 1. The molecule has 1 N–H and O–H groups in total. The molecule has 42 heavy (non-hydrogen) atoms. The van der Waals surface area contributed by atoms with Gasteiger partial charge in [-0.05, 0) is 60.9 Å². The number of rotatable bonds is 9. The van der Waals surface area contributed by atoms with Crippen LogP contribution in [0.1, 0.15) is 45.7 Å². The highest BCUT2D eigenvalue weighted by molar-refractivity contribution is 5.92. The molecule has 1 aliphatic rings. The number of nitrogens with zero attached hydrogens (tertiary/aromatic N) is 4. The number of carboxylic acid groups (broad SMARTS) is 1. The molecule has 2 heterocycles. The van der Waals surface area contributed by atoms with E-state index in [9.17, 15) is 18.7 Å². The normalized spacial score (nSPS) is 13.6. The highest BCUT2D eigenvalue weighted by atomic mass is 19.1. The van der Waals surface area contributed by atoms with Gasteiger partial charge in [0.25, 0.3) is 0 Å². The third kappa shape index (κ3) is 5.05. The predicted octanol–water partition coefficient (Wildman–Crippen LogP) is 6.57. The quantitative estimate of drug-likeness (QED) is 0.216. The molecule has 5 aromatic rings. The fourth-order valence-electron chi connectivity index (χ4n) is 5.03. The minimum atomic E-state index is -1.09.